The van der Waals surface area contributed by atoms with E-state index in [2.05, 4.69) is 37.1 Å². The first-order chi connectivity index (χ1) is 17.5. The lowest BCUT2D eigenvalue weighted by Gasteiger charge is -2.21. The molecule has 1 aromatic heterocycles. The molecule has 4 aromatic rings. The minimum Gasteiger partial charge on any atom is -0.352 e. The Hall–Kier alpha value is -3.35. The Morgan fingerprint density at radius 1 is 0.917 bits per heavy atom. The summed E-state index contributed by atoms with van der Waals surface area (Å²) in [7, 11) is 2.03. The van der Waals surface area contributed by atoms with Crippen LogP contribution in [0.1, 0.15) is 38.4 Å². The minimum absolute atomic E-state index is 0.0106. The number of amides is 1. The van der Waals surface area contributed by atoms with Gasteiger partial charge in [-0.05, 0) is 65.4 Å². The second kappa shape index (κ2) is 10.7. The van der Waals surface area contributed by atoms with Crippen molar-refractivity contribution in [1.29, 1.82) is 0 Å². The SMILES string of the molecule is CN(CCc1ccc(Cl)cc1)c1nnc(Cc2ccc(Cl)cc2)n1Cc1ccc2c(c1)C(=O)NCC2. The quantitative estimate of drug-likeness (QED) is 0.348. The number of fused-ring (bicyclic) bond motifs is 1. The van der Waals surface area contributed by atoms with Crippen LogP contribution in [-0.2, 0) is 25.8 Å². The average Bonchev–Trinajstić information content (AvgIpc) is 3.27. The van der Waals surface area contributed by atoms with E-state index in [1.807, 2.05) is 61.6 Å². The van der Waals surface area contributed by atoms with Gasteiger partial charge in [0.05, 0.1) is 6.54 Å². The first-order valence-corrected chi connectivity index (χ1v) is 12.7. The van der Waals surface area contributed by atoms with Crippen molar-refractivity contribution in [2.75, 3.05) is 25.0 Å². The number of halogens is 2. The van der Waals surface area contributed by atoms with Gasteiger partial charge in [0.15, 0.2) is 0 Å². The summed E-state index contributed by atoms with van der Waals surface area (Å²) < 4.78 is 2.14. The lowest BCUT2D eigenvalue weighted by atomic mass is 9.98. The summed E-state index contributed by atoms with van der Waals surface area (Å²) >= 11 is 12.1. The van der Waals surface area contributed by atoms with Crippen LogP contribution < -0.4 is 10.2 Å². The Balaban J connectivity index is 1.43. The molecule has 6 nitrogen and oxygen atoms in total. The summed E-state index contributed by atoms with van der Waals surface area (Å²) in [5.41, 5.74) is 5.19. The summed E-state index contributed by atoms with van der Waals surface area (Å²) in [6.45, 7) is 2.02. The monoisotopic (exact) mass is 519 g/mol. The highest BCUT2D eigenvalue weighted by atomic mass is 35.5. The normalized spacial score (nSPS) is 12.8. The molecule has 0 saturated heterocycles. The van der Waals surface area contributed by atoms with E-state index in [0.717, 1.165) is 58.4 Å². The van der Waals surface area contributed by atoms with E-state index in [1.165, 1.54) is 5.56 Å². The average molecular weight is 520 g/mol. The first-order valence-electron chi connectivity index (χ1n) is 12.0. The van der Waals surface area contributed by atoms with Crippen LogP contribution in [0.2, 0.25) is 10.0 Å². The van der Waals surface area contributed by atoms with Crippen LogP contribution in [0.25, 0.3) is 0 Å². The first kappa shape index (κ1) is 24.3. The molecule has 1 aliphatic rings. The number of hydrogen-bond donors (Lipinski definition) is 1. The van der Waals surface area contributed by atoms with Crippen molar-refractivity contribution in [2.24, 2.45) is 0 Å². The van der Waals surface area contributed by atoms with E-state index >= 15 is 0 Å². The molecule has 0 bridgehead atoms. The third-order valence-electron chi connectivity index (χ3n) is 6.51. The smallest absolute Gasteiger partial charge is 0.251 e. The number of carbonyl (C=O) groups excluding carboxylic acids is 1. The van der Waals surface area contributed by atoms with Gasteiger partial charge in [-0.3, -0.25) is 9.36 Å². The number of aromatic nitrogens is 3. The minimum atomic E-state index is -0.0106. The number of carbonyl (C=O) groups is 1. The largest absolute Gasteiger partial charge is 0.352 e. The highest BCUT2D eigenvalue weighted by molar-refractivity contribution is 6.30. The number of benzene rings is 3. The fourth-order valence-corrected chi connectivity index (χ4v) is 4.73. The predicted molar refractivity (Wildman–Crippen MR) is 144 cm³/mol. The van der Waals surface area contributed by atoms with Gasteiger partial charge in [0, 0.05) is 42.2 Å². The third kappa shape index (κ3) is 5.55. The standard InChI is InChI=1S/C28H27Cl2N5O/c1-34(15-13-19-3-8-23(29)9-4-19)28-33-32-26(17-20-5-10-24(30)11-6-20)35(28)18-21-2-7-22-12-14-31-27(36)25(22)16-21/h2-11,16H,12-15,17-18H2,1H3,(H,31,36). The molecule has 36 heavy (non-hydrogen) atoms. The number of rotatable bonds is 8. The second-order valence-corrected chi connectivity index (χ2v) is 9.97. The molecule has 0 spiro atoms. The number of hydrogen-bond acceptors (Lipinski definition) is 4. The Labute approximate surface area is 220 Å². The molecular weight excluding hydrogens is 493 g/mol. The molecule has 184 valence electrons. The van der Waals surface area contributed by atoms with Crippen molar-refractivity contribution in [3.05, 3.63) is 110 Å². The van der Waals surface area contributed by atoms with E-state index < -0.39 is 0 Å². The molecule has 0 saturated carbocycles. The van der Waals surface area contributed by atoms with Crippen molar-refractivity contribution in [1.82, 2.24) is 20.1 Å². The van der Waals surface area contributed by atoms with Crippen LogP contribution in [0.5, 0.6) is 0 Å². The Morgan fingerprint density at radius 2 is 1.58 bits per heavy atom. The molecule has 0 atom stereocenters. The van der Waals surface area contributed by atoms with Crippen LogP contribution >= 0.6 is 23.2 Å². The summed E-state index contributed by atoms with van der Waals surface area (Å²) in [6, 6.07) is 21.9. The van der Waals surface area contributed by atoms with E-state index in [4.69, 9.17) is 23.2 Å². The summed E-state index contributed by atoms with van der Waals surface area (Å²) in [4.78, 5) is 14.5. The zero-order chi connectivity index (χ0) is 25.1. The molecule has 0 aliphatic carbocycles. The number of likely N-dealkylation sites (N-methyl/N-ethyl adjacent to an activating group) is 1. The maximum atomic E-state index is 12.4. The maximum absolute atomic E-state index is 12.4. The Kier molecular flexibility index (Phi) is 7.25. The van der Waals surface area contributed by atoms with Crippen LogP contribution in [-0.4, -0.2) is 40.8 Å². The fourth-order valence-electron chi connectivity index (χ4n) is 4.47. The predicted octanol–water partition coefficient (Wildman–Crippen LogP) is 5.19. The molecule has 0 radical (unpaired) electrons. The molecule has 3 aromatic carbocycles. The summed E-state index contributed by atoms with van der Waals surface area (Å²) in [5, 5.41) is 13.5. The molecule has 8 heteroatoms. The zero-order valence-electron chi connectivity index (χ0n) is 20.0. The van der Waals surface area contributed by atoms with E-state index in [0.29, 0.717) is 24.5 Å². The highest BCUT2D eigenvalue weighted by Crippen LogP contribution is 2.22. The van der Waals surface area contributed by atoms with Gasteiger partial charge in [-0.1, -0.05) is 59.6 Å². The van der Waals surface area contributed by atoms with Gasteiger partial charge >= 0.3 is 0 Å². The Bertz CT molecular complexity index is 1370. The van der Waals surface area contributed by atoms with Crippen molar-refractivity contribution in [3.8, 4) is 0 Å². The van der Waals surface area contributed by atoms with Gasteiger partial charge < -0.3 is 10.2 Å². The van der Waals surface area contributed by atoms with Crippen molar-refractivity contribution in [3.63, 3.8) is 0 Å². The van der Waals surface area contributed by atoms with Gasteiger partial charge in [0.2, 0.25) is 5.95 Å². The maximum Gasteiger partial charge on any atom is 0.251 e. The lowest BCUT2D eigenvalue weighted by molar-refractivity contribution is 0.0946. The van der Waals surface area contributed by atoms with E-state index in [9.17, 15) is 4.79 Å². The highest BCUT2D eigenvalue weighted by Gasteiger charge is 2.20. The van der Waals surface area contributed by atoms with Gasteiger partial charge in [-0.2, -0.15) is 0 Å². The van der Waals surface area contributed by atoms with Crippen molar-refractivity contribution >= 4 is 35.1 Å². The van der Waals surface area contributed by atoms with Crippen molar-refractivity contribution < 1.29 is 4.79 Å². The second-order valence-electron chi connectivity index (χ2n) is 9.10. The van der Waals surface area contributed by atoms with Crippen LogP contribution in [0.3, 0.4) is 0 Å². The molecule has 2 heterocycles. The zero-order valence-corrected chi connectivity index (χ0v) is 21.6. The molecule has 1 N–H and O–H groups in total. The Morgan fingerprint density at radius 3 is 2.31 bits per heavy atom. The molecule has 1 aliphatic heterocycles. The molecule has 1 amide bonds. The molecular formula is C28H27Cl2N5O. The number of nitrogens with zero attached hydrogens (tertiary/aromatic N) is 4. The molecule has 5 rings (SSSR count). The molecule has 0 unspecified atom stereocenters. The molecule has 0 fully saturated rings. The summed E-state index contributed by atoms with van der Waals surface area (Å²) in [5.74, 6) is 1.63. The van der Waals surface area contributed by atoms with Crippen LogP contribution in [0.15, 0.2) is 66.7 Å². The third-order valence-corrected chi connectivity index (χ3v) is 7.02. The van der Waals surface area contributed by atoms with Crippen molar-refractivity contribution in [2.45, 2.75) is 25.8 Å². The topological polar surface area (TPSA) is 63.1 Å². The van der Waals surface area contributed by atoms with Gasteiger partial charge in [0.1, 0.15) is 5.82 Å². The summed E-state index contributed by atoms with van der Waals surface area (Å²) in [6.07, 6.45) is 2.33. The number of anilines is 1. The van der Waals surface area contributed by atoms with E-state index in [-0.39, 0.29) is 5.91 Å². The van der Waals surface area contributed by atoms with Gasteiger partial charge in [0.25, 0.3) is 5.91 Å². The lowest BCUT2D eigenvalue weighted by Crippen LogP contribution is -2.32. The van der Waals surface area contributed by atoms with E-state index in [1.54, 1.807) is 0 Å². The van der Waals surface area contributed by atoms with Crippen LogP contribution in [0, 0.1) is 0 Å². The fraction of sp³-hybridized carbons (Fsp3) is 0.250. The van der Waals surface area contributed by atoms with Gasteiger partial charge in [-0.25, -0.2) is 0 Å². The van der Waals surface area contributed by atoms with Gasteiger partial charge in [-0.15, -0.1) is 10.2 Å². The number of nitrogens with one attached hydrogen (secondary N) is 1. The van der Waals surface area contributed by atoms with Crippen LogP contribution in [0.4, 0.5) is 5.95 Å².